The first-order chi connectivity index (χ1) is 9.26. The van der Waals surface area contributed by atoms with Gasteiger partial charge in [-0.25, -0.2) is 23.1 Å². The highest BCUT2D eigenvalue weighted by Gasteiger charge is 2.17. The Morgan fingerprint density at radius 1 is 1.00 bits per heavy atom. The molecule has 106 valence electrons. The Morgan fingerprint density at radius 2 is 1.60 bits per heavy atom. The zero-order chi connectivity index (χ0) is 14.9. The van der Waals surface area contributed by atoms with Gasteiger partial charge in [0.05, 0.1) is 4.90 Å². The summed E-state index contributed by atoms with van der Waals surface area (Å²) in [6.45, 7) is 5.33. The summed E-state index contributed by atoms with van der Waals surface area (Å²) < 4.78 is 26.9. The van der Waals surface area contributed by atoms with Crippen LogP contribution in [0.1, 0.15) is 17.0 Å². The molecule has 1 aromatic heterocycles. The number of hydrogen-bond acceptors (Lipinski definition) is 5. The van der Waals surface area contributed by atoms with Crippen molar-refractivity contribution in [3.63, 3.8) is 0 Å². The molecular formula is C13H16N4O2S. The van der Waals surface area contributed by atoms with Crippen LogP contribution in [-0.2, 0) is 10.0 Å². The molecule has 2 aromatic rings. The second-order valence-electron chi connectivity index (χ2n) is 4.66. The van der Waals surface area contributed by atoms with E-state index in [1.165, 1.54) is 6.07 Å². The lowest BCUT2D eigenvalue weighted by Gasteiger charge is -2.09. The molecule has 1 aromatic carbocycles. The summed E-state index contributed by atoms with van der Waals surface area (Å²) in [4.78, 5) is 8.21. The van der Waals surface area contributed by atoms with E-state index in [0.717, 1.165) is 5.56 Å². The number of benzene rings is 1. The predicted molar refractivity (Wildman–Crippen MR) is 77.9 cm³/mol. The van der Waals surface area contributed by atoms with E-state index in [-0.39, 0.29) is 10.8 Å². The number of aryl methyl sites for hydroxylation is 3. The molecule has 1 heterocycles. The van der Waals surface area contributed by atoms with Crippen LogP contribution in [-0.4, -0.2) is 18.4 Å². The second kappa shape index (κ2) is 5.09. The van der Waals surface area contributed by atoms with E-state index in [2.05, 4.69) is 14.7 Å². The van der Waals surface area contributed by atoms with E-state index in [1.807, 2.05) is 0 Å². The van der Waals surface area contributed by atoms with Crippen LogP contribution in [0.4, 0.5) is 11.6 Å². The van der Waals surface area contributed by atoms with Gasteiger partial charge in [0.15, 0.2) is 0 Å². The van der Waals surface area contributed by atoms with Crippen LogP contribution in [0.15, 0.2) is 29.2 Å². The first kappa shape index (κ1) is 14.3. The Bertz CT molecular complexity index is 716. The number of nitrogen functional groups attached to an aromatic ring is 1. The van der Waals surface area contributed by atoms with Crippen LogP contribution in [0, 0.1) is 20.8 Å². The molecule has 6 nitrogen and oxygen atoms in total. The summed E-state index contributed by atoms with van der Waals surface area (Å²) >= 11 is 0. The van der Waals surface area contributed by atoms with E-state index in [0.29, 0.717) is 17.1 Å². The maximum absolute atomic E-state index is 12.3. The van der Waals surface area contributed by atoms with Crippen molar-refractivity contribution in [1.29, 1.82) is 0 Å². The molecule has 0 atom stereocenters. The maximum Gasteiger partial charge on any atom is 0.264 e. The van der Waals surface area contributed by atoms with Crippen molar-refractivity contribution in [1.82, 2.24) is 9.97 Å². The van der Waals surface area contributed by atoms with Crippen LogP contribution < -0.4 is 10.5 Å². The van der Waals surface area contributed by atoms with E-state index in [9.17, 15) is 8.42 Å². The Morgan fingerprint density at radius 3 is 2.15 bits per heavy atom. The normalized spacial score (nSPS) is 11.3. The molecule has 0 aliphatic rings. The number of anilines is 2. The third kappa shape index (κ3) is 3.24. The van der Waals surface area contributed by atoms with Crippen molar-refractivity contribution in [2.24, 2.45) is 0 Å². The van der Waals surface area contributed by atoms with E-state index in [4.69, 9.17) is 5.73 Å². The number of nitrogens with one attached hydrogen (secondary N) is 1. The highest BCUT2D eigenvalue weighted by atomic mass is 32.2. The molecule has 3 N–H and O–H groups in total. The fourth-order valence-corrected chi connectivity index (χ4v) is 2.96. The van der Waals surface area contributed by atoms with Gasteiger partial charge in [-0.15, -0.1) is 0 Å². The summed E-state index contributed by atoms with van der Waals surface area (Å²) in [5, 5.41) is 0. The van der Waals surface area contributed by atoms with E-state index >= 15 is 0 Å². The number of hydrogen-bond donors (Lipinski definition) is 2. The van der Waals surface area contributed by atoms with Crippen LogP contribution in [0.3, 0.4) is 0 Å². The smallest absolute Gasteiger partial charge is 0.264 e. The van der Waals surface area contributed by atoms with Gasteiger partial charge in [0.1, 0.15) is 0 Å². The van der Waals surface area contributed by atoms with Crippen LogP contribution >= 0.6 is 0 Å². The Balaban J connectivity index is 2.40. The first-order valence-corrected chi connectivity index (χ1v) is 7.47. The average Bonchev–Trinajstić information content (AvgIpc) is 2.25. The van der Waals surface area contributed by atoms with Gasteiger partial charge in [-0.3, -0.25) is 0 Å². The molecule has 0 radical (unpaired) electrons. The zero-order valence-corrected chi connectivity index (χ0v) is 12.3. The molecule has 0 aliphatic carbocycles. The SMILES string of the molecule is Cc1cc(N)cc(S(=O)(=O)Nc2nc(C)cc(C)n2)c1. The molecule has 0 bridgehead atoms. The molecular weight excluding hydrogens is 276 g/mol. The molecule has 0 saturated carbocycles. The van der Waals surface area contributed by atoms with Crippen molar-refractivity contribution in [2.75, 3.05) is 10.5 Å². The molecule has 0 amide bonds. The molecule has 0 aliphatic heterocycles. The van der Waals surface area contributed by atoms with Gasteiger partial charge in [0.2, 0.25) is 5.95 Å². The van der Waals surface area contributed by atoms with Crippen molar-refractivity contribution in [3.05, 3.63) is 41.2 Å². The topological polar surface area (TPSA) is 98.0 Å². The predicted octanol–water partition coefficient (Wildman–Crippen LogP) is 1.78. The van der Waals surface area contributed by atoms with Crippen molar-refractivity contribution in [3.8, 4) is 0 Å². The maximum atomic E-state index is 12.3. The number of nitrogens with zero attached hydrogens (tertiary/aromatic N) is 2. The third-order valence-corrected chi connectivity index (χ3v) is 3.90. The fourth-order valence-electron chi connectivity index (χ4n) is 1.88. The van der Waals surface area contributed by atoms with E-state index < -0.39 is 10.0 Å². The van der Waals surface area contributed by atoms with Crippen molar-refractivity contribution >= 4 is 21.7 Å². The zero-order valence-electron chi connectivity index (χ0n) is 11.5. The van der Waals surface area contributed by atoms with Gasteiger partial charge < -0.3 is 5.73 Å². The van der Waals surface area contributed by atoms with Gasteiger partial charge in [-0.05, 0) is 50.6 Å². The van der Waals surface area contributed by atoms with Crippen LogP contribution in [0.25, 0.3) is 0 Å². The molecule has 0 spiro atoms. The van der Waals surface area contributed by atoms with Gasteiger partial charge in [0.25, 0.3) is 10.0 Å². The summed E-state index contributed by atoms with van der Waals surface area (Å²) in [5.41, 5.74) is 8.23. The molecule has 2 rings (SSSR count). The Kier molecular flexibility index (Phi) is 3.63. The minimum absolute atomic E-state index is 0.0579. The highest BCUT2D eigenvalue weighted by molar-refractivity contribution is 7.92. The Hall–Kier alpha value is -2.15. The highest BCUT2D eigenvalue weighted by Crippen LogP contribution is 2.18. The molecule has 0 fully saturated rings. The number of aromatic nitrogens is 2. The summed E-state index contributed by atoms with van der Waals surface area (Å²) in [6.07, 6.45) is 0. The second-order valence-corrected chi connectivity index (χ2v) is 6.34. The molecule has 7 heteroatoms. The van der Waals surface area contributed by atoms with Gasteiger partial charge >= 0.3 is 0 Å². The monoisotopic (exact) mass is 292 g/mol. The summed E-state index contributed by atoms with van der Waals surface area (Å²) in [6, 6.07) is 6.41. The lowest BCUT2D eigenvalue weighted by molar-refractivity contribution is 0.600. The van der Waals surface area contributed by atoms with Gasteiger partial charge in [0, 0.05) is 17.1 Å². The van der Waals surface area contributed by atoms with Crippen LogP contribution in [0.5, 0.6) is 0 Å². The minimum atomic E-state index is -3.75. The van der Waals surface area contributed by atoms with Crippen molar-refractivity contribution < 1.29 is 8.42 Å². The fraction of sp³-hybridized carbons (Fsp3) is 0.231. The van der Waals surface area contributed by atoms with E-state index in [1.54, 1.807) is 39.0 Å². The van der Waals surface area contributed by atoms with Gasteiger partial charge in [-0.1, -0.05) is 0 Å². The number of sulfonamides is 1. The van der Waals surface area contributed by atoms with Crippen LogP contribution in [0.2, 0.25) is 0 Å². The summed E-state index contributed by atoms with van der Waals surface area (Å²) in [5.74, 6) is 0.0579. The molecule has 0 saturated heterocycles. The lowest BCUT2D eigenvalue weighted by atomic mass is 10.2. The Labute approximate surface area is 118 Å². The number of rotatable bonds is 3. The largest absolute Gasteiger partial charge is 0.399 e. The first-order valence-electron chi connectivity index (χ1n) is 5.98. The van der Waals surface area contributed by atoms with Crippen molar-refractivity contribution in [2.45, 2.75) is 25.7 Å². The van der Waals surface area contributed by atoms with Gasteiger partial charge in [-0.2, -0.15) is 0 Å². The minimum Gasteiger partial charge on any atom is -0.399 e. The standard InChI is InChI=1S/C13H16N4O2S/c1-8-4-11(14)7-12(5-8)20(18,19)17-13-15-9(2)6-10(3)16-13/h4-7H,14H2,1-3H3,(H,15,16,17). The summed E-state index contributed by atoms with van der Waals surface area (Å²) in [7, 11) is -3.75. The number of nitrogens with two attached hydrogens (primary N) is 1. The molecule has 20 heavy (non-hydrogen) atoms. The quantitative estimate of drug-likeness (QED) is 0.840. The average molecular weight is 292 g/mol. The lowest BCUT2D eigenvalue weighted by Crippen LogP contribution is -2.16. The third-order valence-electron chi connectivity index (χ3n) is 2.59. The molecule has 0 unspecified atom stereocenters.